The van der Waals surface area contributed by atoms with E-state index in [1.54, 1.807) is 0 Å². The Balaban J connectivity index is 0.000000292. The molecular formula is C12H20O2. The molecule has 0 aliphatic carbocycles. The average molecular weight is 196 g/mol. The van der Waals surface area contributed by atoms with E-state index in [-0.39, 0.29) is 6.61 Å². The summed E-state index contributed by atoms with van der Waals surface area (Å²) >= 11 is 0. The van der Waals surface area contributed by atoms with Gasteiger partial charge in [0.1, 0.15) is 0 Å². The van der Waals surface area contributed by atoms with E-state index in [0.717, 1.165) is 19.6 Å². The number of aliphatic hydroxyl groups is 1. The SMILES string of the molecule is CCOCC.OCCc1ccccc1. The summed E-state index contributed by atoms with van der Waals surface area (Å²) in [6.07, 6.45) is 0.765. The highest BCUT2D eigenvalue weighted by Crippen LogP contribution is 1.97. The third-order valence-electron chi connectivity index (χ3n) is 1.65. The Labute approximate surface area is 86.5 Å². The summed E-state index contributed by atoms with van der Waals surface area (Å²) < 4.78 is 4.83. The van der Waals surface area contributed by atoms with Gasteiger partial charge in [-0.1, -0.05) is 30.3 Å². The predicted molar refractivity (Wildman–Crippen MR) is 59.4 cm³/mol. The van der Waals surface area contributed by atoms with E-state index < -0.39 is 0 Å². The van der Waals surface area contributed by atoms with Crippen molar-refractivity contribution < 1.29 is 9.84 Å². The van der Waals surface area contributed by atoms with Gasteiger partial charge in [-0.2, -0.15) is 0 Å². The lowest BCUT2D eigenvalue weighted by molar-refractivity contribution is 0.162. The first-order valence-electron chi connectivity index (χ1n) is 5.07. The number of benzene rings is 1. The van der Waals surface area contributed by atoms with Gasteiger partial charge in [-0.3, -0.25) is 0 Å². The van der Waals surface area contributed by atoms with E-state index in [1.165, 1.54) is 5.56 Å². The molecule has 0 heterocycles. The van der Waals surface area contributed by atoms with Crippen LogP contribution in [0.5, 0.6) is 0 Å². The van der Waals surface area contributed by atoms with E-state index >= 15 is 0 Å². The summed E-state index contributed by atoms with van der Waals surface area (Å²) in [5, 5.41) is 8.52. The summed E-state index contributed by atoms with van der Waals surface area (Å²) in [5.41, 5.74) is 1.19. The van der Waals surface area contributed by atoms with Crippen LogP contribution in [0.2, 0.25) is 0 Å². The summed E-state index contributed by atoms with van der Waals surface area (Å²) in [7, 11) is 0. The molecule has 1 aromatic rings. The molecule has 0 saturated carbocycles. The molecule has 0 bridgehead atoms. The van der Waals surface area contributed by atoms with Gasteiger partial charge in [0.25, 0.3) is 0 Å². The minimum absolute atomic E-state index is 0.240. The molecule has 0 aliphatic rings. The third kappa shape index (κ3) is 7.77. The second-order valence-corrected chi connectivity index (χ2v) is 2.74. The van der Waals surface area contributed by atoms with Crippen LogP contribution in [0.3, 0.4) is 0 Å². The first-order chi connectivity index (χ1) is 6.85. The topological polar surface area (TPSA) is 29.5 Å². The normalized spacial score (nSPS) is 9.07. The molecule has 0 atom stereocenters. The largest absolute Gasteiger partial charge is 0.396 e. The fraction of sp³-hybridized carbons (Fsp3) is 0.500. The van der Waals surface area contributed by atoms with Gasteiger partial charge in [0.05, 0.1) is 0 Å². The molecule has 1 aromatic carbocycles. The molecule has 14 heavy (non-hydrogen) atoms. The smallest absolute Gasteiger partial charge is 0.0471 e. The quantitative estimate of drug-likeness (QED) is 0.800. The van der Waals surface area contributed by atoms with Gasteiger partial charge in [-0.05, 0) is 25.8 Å². The Kier molecular flexibility index (Phi) is 9.59. The van der Waals surface area contributed by atoms with Crippen molar-refractivity contribution in [2.45, 2.75) is 20.3 Å². The Morgan fingerprint density at radius 3 is 2.00 bits per heavy atom. The van der Waals surface area contributed by atoms with E-state index in [2.05, 4.69) is 0 Å². The molecule has 0 spiro atoms. The highest BCUT2D eigenvalue weighted by molar-refractivity contribution is 5.14. The van der Waals surface area contributed by atoms with Crippen molar-refractivity contribution >= 4 is 0 Å². The van der Waals surface area contributed by atoms with Crippen molar-refractivity contribution in [3.63, 3.8) is 0 Å². The van der Waals surface area contributed by atoms with Crippen LogP contribution in [-0.2, 0) is 11.2 Å². The molecule has 2 nitrogen and oxygen atoms in total. The van der Waals surface area contributed by atoms with Crippen LogP contribution in [-0.4, -0.2) is 24.9 Å². The summed E-state index contributed by atoms with van der Waals surface area (Å²) in [6.45, 7) is 5.91. The number of rotatable bonds is 4. The van der Waals surface area contributed by atoms with Crippen LogP contribution in [0.15, 0.2) is 30.3 Å². The lowest BCUT2D eigenvalue weighted by Crippen LogP contribution is -1.88. The molecule has 0 radical (unpaired) electrons. The Morgan fingerprint density at radius 2 is 1.64 bits per heavy atom. The monoisotopic (exact) mass is 196 g/mol. The number of ether oxygens (including phenoxy) is 1. The van der Waals surface area contributed by atoms with Gasteiger partial charge in [-0.15, -0.1) is 0 Å². The van der Waals surface area contributed by atoms with Crippen molar-refractivity contribution in [1.29, 1.82) is 0 Å². The maximum atomic E-state index is 8.52. The van der Waals surface area contributed by atoms with Crippen LogP contribution < -0.4 is 0 Å². The second kappa shape index (κ2) is 10.2. The molecule has 1 N–H and O–H groups in total. The fourth-order valence-corrected chi connectivity index (χ4v) is 0.978. The lowest BCUT2D eigenvalue weighted by Gasteiger charge is -1.93. The standard InChI is InChI=1S/C8H10O.C4H10O/c9-7-6-8-4-2-1-3-5-8;1-3-5-4-2/h1-5,9H,6-7H2;3-4H2,1-2H3. The average Bonchev–Trinajstić information content (AvgIpc) is 2.22. The fourth-order valence-electron chi connectivity index (χ4n) is 0.978. The first kappa shape index (κ1) is 13.1. The number of aliphatic hydroxyl groups excluding tert-OH is 1. The molecule has 0 fully saturated rings. The zero-order valence-corrected chi connectivity index (χ0v) is 9.07. The number of hydrogen-bond donors (Lipinski definition) is 1. The molecule has 0 aliphatic heterocycles. The molecule has 2 heteroatoms. The molecule has 1 rings (SSSR count). The van der Waals surface area contributed by atoms with Crippen molar-refractivity contribution in [2.24, 2.45) is 0 Å². The summed E-state index contributed by atoms with van der Waals surface area (Å²) in [5.74, 6) is 0. The van der Waals surface area contributed by atoms with Gasteiger partial charge in [0, 0.05) is 19.8 Å². The molecule has 0 saturated heterocycles. The van der Waals surface area contributed by atoms with Gasteiger partial charge in [-0.25, -0.2) is 0 Å². The molecule has 0 aromatic heterocycles. The second-order valence-electron chi connectivity index (χ2n) is 2.74. The van der Waals surface area contributed by atoms with Gasteiger partial charge in [0.15, 0.2) is 0 Å². The Morgan fingerprint density at radius 1 is 1.07 bits per heavy atom. The van der Waals surface area contributed by atoms with Gasteiger partial charge >= 0.3 is 0 Å². The highest BCUT2D eigenvalue weighted by Gasteiger charge is 1.85. The van der Waals surface area contributed by atoms with Gasteiger partial charge in [0.2, 0.25) is 0 Å². The molecule has 0 amide bonds. The van der Waals surface area contributed by atoms with Gasteiger partial charge < -0.3 is 9.84 Å². The number of hydrogen-bond acceptors (Lipinski definition) is 2. The van der Waals surface area contributed by atoms with Crippen molar-refractivity contribution in [3.05, 3.63) is 35.9 Å². The van der Waals surface area contributed by atoms with Crippen molar-refractivity contribution in [2.75, 3.05) is 19.8 Å². The minimum atomic E-state index is 0.240. The van der Waals surface area contributed by atoms with E-state index in [4.69, 9.17) is 9.84 Å². The molecule has 80 valence electrons. The zero-order valence-electron chi connectivity index (χ0n) is 9.07. The molecular weight excluding hydrogens is 176 g/mol. The highest BCUT2D eigenvalue weighted by atomic mass is 16.5. The lowest BCUT2D eigenvalue weighted by atomic mass is 10.2. The maximum Gasteiger partial charge on any atom is 0.0471 e. The maximum absolute atomic E-state index is 8.52. The van der Waals surface area contributed by atoms with Crippen LogP contribution in [0.25, 0.3) is 0 Å². The van der Waals surface area contributed by atoms with Crippen molar-refractivity contribution in [1.82, 2.24) is 0 Å². The summed E-state index contributed by atoms with van der Waals surface area (Å²) in [6, 6.07) is 9.95. The molecule has 0 unspecified atom stereocenters. The van der Waals surface area contributed by atoms with E-state index in [9.17, 15) is 0 Å². The van der Waals surface area contributed by atoms with Crippen LogP contribution in [0.4, 0.5) is 0 Å². The zero-order chi connectivity index (χ0) is 10.6. The van der Waals surface area contributed by atoms with E-state index in [1.807, 2.05) is 44.2 Å². The third-order valence-corrected chi connectivity index (χ3v) is 1.65. The van der Waals surface area contributed by atoms with Crippen LogP contribution >= 0.6 is 0 Å². The first-order valence-corrected chi connectivity index (χ1v) is 5.07. The Hall–Kier alpha value is -0.860. The Bertz CT molecular complexity index is 195. The van der Waals surface area contributed by atoms with Crippen LogP contribution in [0.1, 0.15) is 19.4 Å². The van der Waals surface area contributed by atoms with E-state index in [0.29, 0.717) is 0 Å². The predicted octanol–water partition coefficient (Wildman–Crippen LogP) is 2.26. The van der Waals surface area contributed by atoms with Crippen molar-refractivity contribution in [3.8, 4) is 0 Å². The summed E-state index contributed by atoms with van der Waals surface area (Å²) in [4.78, 5) is 0. The van der Waals surface area contributed by atoms with Crippen LogP contribution in [0, 0.1) is 0 Å². The minimum Gasteiger partial charge on any atom is -0.396 e.